The first-order chi connectivity index (χ1) is 14.8. The van der Waals surface area contributed by atoms with Crippen molar-refractivity contribution in [2.24, 2.45) is 20.5 Å². The van der Waals surface area contributed by atoms with Gasteiger partial charge in [0.25, 0.3) is 11.4 Å². The fourth-order valence-electron chi connectivity index (χ4n) is 2.82. The molecule has 1 aliphatic carbocycles. The molecule has 0 fully saturated rings. The Kier molecular flexibility index (Phi) is 6.10. The number of nitro benzene ring substituents is 2. The predicted octanol–water partition coefficient (Wildman–Crippen LogP) is 5.11. The Morgan fingerprint density at radius 2 is 1.32 bits per heavy atom. The van der Waals surface area contributed by atoms with Gasteiger partial charge in [-0.05, 0) is 30.7 Å². The molecule has 0 bridgehead atoms. The molecular formula is C19H16N8O4. The Hall–Kier alpha value is -4.48. The third-order valence-electron chi connectivity index (χ3n) is 4.45. The molecule has 0 aromatic heterocycles. The lowest BCUT2D eigenvalue weighted by Crippen LogP contribution is -2.38. The van der Waals surface area contributed by atoms with Gasteiger partial charge < -0.3 is 10.8 Å². The standard InChI is InChI=1S/C19H16N8O4/c1-11-10-14(24-22-12-6-2-4-8-15(12)26(28)29)18(21)19(17(11)20)25-23-13-7-3-5-9-16(13)27(30)31/h2-10,14,19-21H,1H3/t14-,19+/m1/s1. The van der Waals surface area contributed by atoms with E-state index in [1.165, 1.54) is 42.5 Å². The molecule has 31 heavy (non-hydrogen) atoms. The number of benzene rings is 2. The van der Waals surface area contributed by atoms with E-state index < -0.39 is 21.9 Å². The van der Waals surface area contributed by atoms with E-state index in [2.05, 4.69) is 20.5 Å². The lowest BCUT2D eigenvalue weighted by atomic mass is 9.89. The summed E-state index contributed by atoms with van der Waals surface area (Å²) in [7, 11) is 0. The second kappa shape index (κ2) is 8.90. The van der Waals surface area contributed by atoms with Crippen LogP contribution in [0.1, 0.15) is 6.92 Å². The topological polar surface area (TPSA) is 183 Å². The Labute approximate surface area is 175 Å². The lowest BCUT2D eigenvalue weighted by molar-refractivity contribution is -0.384. The summed E-state index contributed by atoms with van der Waals surface area (Å²) >= 11 is 0. The third kappa shape index (κ3) is 4.58. The molecule has 156 valence electrons. The number of nitrogens with zero attached hydrogens (tertiary/aromatic N) is 6. The number of hydrogen-bond donors (Lipinski definition) is 2. The van der Waals surface area contributed by atoms with Crippen molar-refractivity contribution in [1.29, 1.82) is 10.8 Å². The van der Waals surface area contributed by atoms with Crippen LogP contribution in [-0.4, -0.2) is 33.4 Å². The summed E-state index contributed by atoms with van der Waals surface area (Å²) in [5.41, 5.74) is -0.0862. The molecule has 2 atom stereocenters. The summed E-state index contributed by atoms with van der Waals surface area (Å²) in [6.07, 6.45) is 1.53. The maximum atomic E-state index is 11.1. The van der Waals surface area contributed by atoms with E-state index in [1.807, 2.05) is 0 Å². The van der Waals surface area contributed by atoms with Crippen molar-refractivity contribution in [3.63, 3.8) is 0 Å². The average molecular weight is 420 g/mol. The summed E-state index contributed by atoms with van der Waals surface area (Å²) < 4.78 is 0. The third-order valence-corrected chi connectivity index (χ3v) is 4.45. The van der Waals surface area contributed by atoms with Gasteiger partial charge in [0.2, 0.25) is 0 Å². The van der Waals surface area contributed by atoms with Gasteiger partial charge in [0, 0.05) is 12.1 Å². The number of azo groups is 2. The number of rotatable bonds is 6. The molecule has 0 heterocycles. The summed E-state index contributed by atoms with van der Waals surface area (Å²) in [6.45, 7) is 1.63. The first-order valence-electron chi connectivity index (χ1n) is 8.93. The molecule has 0 amide bonds. The maximum Gasteiger partial charge on any atom is 0.296 e. The zero-order valence-corrected chi connectivity index (χ0v) is 16.2. The summed E-state index contributed by atoms with van der Waals surface area (Å²) in [4.78, 5) is 21.1. The molecule has 0 aliphatic heterocycles. The van der Waals surface area contributed by atoms with Crippen LogP contribution < -0.4 is 0 Å². The van der Waals surface area contributed by atoms with Crippen molar-refractivity contribution >= 4 is 34.2 Å². The van der Waals surface area contributed by atoms with Crippen LogP contribution in [0.5, 0.6) is 0 Å². The summed E-state index contributed by atoms with van der Waals surface area (Å²) in [5, 5.41) is 54.7. The number of hydrogen-bond acceptors (Lipinski definition) is 10. The average Bonchev–Trinajstić information content (AvgIpc) is 2.75. The molecule has 3 rings (SSSR count). The molecule has 0 radical (unpaired) electrons. The molecular weight excluding hydrogens is 404 g/mol. The van der Waals surface area contributed by atoms with Crippen LogP contribution in [0, 0.1) is 31.0 Å². The zero-order valence-electron chi connectivity index (χ0n) is 16.2. The van der Waals surface area contributed by atoms with Gasteiger partial charge in [0.15, 0.2) is 17.4 Å². The Bertz CT molecular complexity index is 1170. The van der Waals surface area contributed by atoms with E-state index in [9.17, 15) is 20.2 Å². The SMILES string of the molecule is CC1=C[C@@H](N=Nc2ccccc2[N+](=O)[O-])C(=N)[C@@H](N=Nc2ccccc2[N+](=O)[O-])C1=N. The molecule has 0 spiro atoms. The molecule has 2 aromatic carbocycles. The van der Waals surface area contributed by atoms with Crippen LogP contribution >= 0.6 is 0 Å². The van der Waals surface area contributed by atoms with Gasteiger partial charge in [-0.2, -0.15) is 10.2 Å². The molecule has 2 aromatic rings. The number of nitro groups is 2. The lowest BCUT2D eigenvalue weighted by Gasteiger charge is -2.23. The summed E-state index contributed by atoms with van der Waals surface area (Å²) in [5.74, 6) is 0. The van der Waals surface area contributed by atoms with Gasteiger partial charge in [-0.1, -0.05) is 24.3 Å². The van der Waals surface area contributed by atoms with Crippen LogP contribution in [0.4, 0.5) is 22.7 Å². The Balaban J connectivity index is 1.90. The Morgan fingerprint density at radius 1 is 0.839 bits per heavy atom. The van der Waals surface area contributed by atoms with Gasteiger partial charge in [-0.15, -0.1) is 10.2 Å². The van der Waals surface area contributed by atoms with Gasteiger partial charge in [0.05, 0.1) is 21.3 Å². The highest BCUT2D eigenvalue weighted by atomic mass is 16.6. The number of nitrogens with one attached hydrogen (secondary N) is 2. The van der Waals surface area contributed by atoms with Crippen LogP contribution in [0.3, 0.4) is 0 Å². The largest absolute Gasteiger partial charge is 0.304 e. The van der Waals surface area contributed by atoms with Crippen molar-refractivity contribution < 1.29 is 9.85 Å². The number of para-hydroxylation sites is 2. The molecule has 1 aliphatic rings. The minimum absolute atomic E-state index is 0.00149. The first-order valence-corrected chi connectivity index (χ1v) is 8.93. The van der Waals surface area contributed by atoms with Crippen LogP contribution in [0.2, 0.25) is 0 Å². The molecule has 0 saturated heterocycles. The minimum Gasteiger partial charge on any atom is -0.304 e. The molecule has 12 nitrogen and oxygen atoms in total. The van der Waals surface area contributed by atoms with Gasteiger partial charge in [-0.25, -0.2) is 0 Å². The molecule has 0 unspecified atom stereocenters. The van der Waals surface area contributed by atoms with Crippen LogP contribution in [0.25, 0.3) is 0 Å². The fourth-order valence-corrected chi connectivity index (χ4v) is 2.82. The Morgan fingerprint density at radius 3 is 1.84 bits per heavy atom. The van der Waals surface area contributed by atoms with E-state index in [4.69, 9.17) is 10.8 Å². The molecule has 2 N–H and O–H groups in total. The molecule has 12 heteroatoms. The second-order valence-corrected chi connectivity index (χ2v) is 6.49. The van der Waals surface area contributed by atoms with Crippen LogP contribution in [0.15, 0.2) is 80.6 Å². The second-order valence-electron chi connectivity index (χ2n) is 6.49. The van der Waals surface area contributed by atoms with Gasteiger partial charge >= 0.3 is 0 Å². The van der Waals surface area contributed by atoms with E-state index in [0.717, 1.165) is 0 Å². The monoisotopic (exact) mass is 420 g/mol. The van der Waals surface area contributed by atoms with E-state index in [0.29, 0.717) is 5.57 Å². The summed E-state index contributed by atoms with van der Waals surface area (Å²) in [6, 6.07) is 9.52. The highest BCUT2D eigenvalue weighted by Gasteiger charge is 2.32. The molecule has 0 saturated carbocycles. The predicted molar refractivity (Wildman–Crippen MR) is 112 cm³/mol. The minimum atomic E-state index is -1.11. The highest BCUT2D eigenvalue weighted by Crippen LogP contribution is 2.30. The van der Waals surface area contributed by atoms with E-state index >= 15 is 0 Å². The van der Waals surface area contributed by atoms with Gasteiger partial charge in [0.1, 0.15) is 6.04 Å². The van der Waals surface area contributed by atoms with Crippen molar-refractivity contribution in [1.82, 2.24) is 0 Å². The van der Waals surface area contributed by atoms with Crippen molar-refractivity contribution in [2.75, 3.05) is 0 Å². The maximum absolute atomic E-state index is 11.1. The normalized spacial score (nSPS) is 19.1. The van der Waals surface area contributed by atoms with Crippen LogP contribution in [-0.2, 0) is 0 Å². The zero-order chi connectivity index (χ0) is 22.5. The van der Waals surface area contributed by atoms with E-state index in [1.54, 1.807) is 19.1 Å². The van der Waals surface area contributed by atoms with Crippen molar-refractivity contribution in [3.8, 4) is 0 Å². The highest BCUT2D eigenvalue weighted by molar-refractivity contribution is 6.20. The fraction of sp³-hybridized carbons (Fsp3) is 0.158. The van der Waals surface area contributed by atoms with Crippen molar-refractivity contribution in [2.45, 2.75) is 19.0 Å². The van der Waals surface area contributed by atoms with Gasteiger partial charge in [-0.3, -0.25) is 20.2 Å². The quantitative estimate of drug-likeness (QED) is 0.374. The van der Waals surface area contributed by atoms with E-state index in [-0.39, 0.29) is 34.2 Å². The first kappa shape index (κ1) is 21.2. The smallest absolute Gasteiger partial charge is 0.296 e. The van der Waals surface area contributed by atoms with Crippen molar-refractivity contribution in [3.05, 3.63) is 80.4 Å².